The van der Waals surface area contributed by atoms with Gasteiger partial charge >= 0.3 is 0 Å². The van der Waals surface area contributed by atoms with Gasteiger partial charge in [-0.15, -0.1) is 0 Å². The van der Waals surface area contributed by atoms with E-state index in [2.05, 4.69) is 23.5 Å². The molecule has 0 aliphatic carbocycles. The largest absolute Gasteiger partial charge is 0.490 e. The van der Waals surface area contributed by atoms with Gasteiger partial charge in [-0.2, -0.15) is 5.26 Å². The Morgan fingerprint density at radius 3 is 2.38 bits per heavy atom. The number of ether oxygens (including phenoxy) is 2. The summed E-state index contributed by atoms with van der Waals surface area (Å²) in [4.78, 5) is 0. The van der Waals surface area contributed by atoms with Crippen molar-refractivity contribution in [3.8, 4) is 17.6 Å². The molecule has 0 fully saturated rings. The number of nitrogens with two attached hydrogens (primary N) is 1. The molecule has 0 spiro atoms. The predicted molar refractivity (Wildman–Crippen MR) is 92.3 cm³/mol. The van der Waals surface area contributed by atoms with E-state index < -0.39 is 0 Å². The van der Waals surface area contributed by atoms with E-state index in [4.69, 9.17) is 14.7 Å². The number of rotatable bonds is 5. The van der Waals surface area contributed by atoms with Crippen LogP contribution in [0.2, 0.25) is 0 Å². The summed E-state index contributed by atoms with van der Waals surface area (Å²) in [5.41, 5.74) is 4.50. The topological polar surface area (TPSA) is 58.9 Å². The summed E-state index contributed by atoms with van der Waals surface area (Å²) in [6.45, 7) is 6.26. The zero-order valence-electron chi connectivity index (χ0n) is 14.2. The number of benzene rings is 2. The summed E-state index contributed by atoms with van der Waals surface area (Å²) in [5, 5.41) is 11.3. The number of nitrogens with zero attached hydrogens (tertiary/aromatic N) is 1. The Labute approximate surface area is 143 Å². The second-order valence-corrected chi connectivity index (χ2v) is 5.85. The van der Waals surface area contributed by atoms with Gasteiger partial charge in [0.1, 0.15) is 6.04 Å². The van der Waals surface area contributed by atoms with Crippen LogP contribution in [0.25, 0.3) is 0 Å². The van der Waals surface area contributed by atoms with Crippen LogP contribution in [0.3, 0.4) is 0 Å². The standard InChI is InChI=1S/C20H22N2O2/c1-3-23-18-11-16-9-10-22-20(17(16)12-19(18)24-4-2)15-7-5-14(13-21)6-8-15/h5-8,11-12,20,22H,3-4,9-10H2,1-2H3/p+1/t20-/m1/s1. The summed E-state index contributed by atoms with van der Waals surface area (Å²) in [5.74, 6) is 1.64. The van der Waals surface area contributed by atoms with E-state index in [1.165, 1.54) is 16.7 Å². The van der Waals surface area contributed by atoms with Gasteiger partial charge in [-0.1, -0.05) is 12.1 Å². The Bertz CT molecular complexity index is 747. The van der Waals surface area contributed by atoms with Gasteiger partial charge in [0, 0.05) is 17.5 Å². The molecule has 4 heteroatoms. The number of quaternary nitrogens is 1. The zero-order chi connectivity index (χ0) is 16.9. The third-order valence-corrected chi connectivity index (χ3v) is 4.36. The summed E-state index contributed by atoms with van der Waals surface area (Å²) in [6, 6.07) is 14.5. The van der Waals surface area contributed by atoms with E-state index in [0.717, 1.165) is 24.5 Å². The van der Waals surface area contributed by atoms with E-state index in [1.54, 1.807) is 0 Å². The highest BCUT2D eigenvalue weighted by Crippen LogP contribution is 2.36. The first-order valence-electron chi connectivity index (χ1n) is 8.52. The molecule has 0 saturated heterocycles. The van der Waals surface area contributed by atoms with Gasteiger partial charge in [-0.05, 0) is 43.7 Å². The van der Waals surface area contributed by atoms with Gasteiger partial charge in [-0.3, -0.25) is 0 Å². The molecule has 124 valence electrons. The monoisotopic (exact) mass is 323 g/mol. The first-order chi connectivity index (χ1) is 11.8. The highest BCUT2D eigenvalue weighted by Gasteiger charge is 2.27. The minimum atomic E-state index is 0.233. The Kier molecular flexibility index (Phi) is 5.02. The molecule has 2 aromatic rings. The molecular formula is C20H23N2O2+. The lowest BCUT2D eigenvalue weighted by Gasteiger charge is -2.26. The zero-order valence-corrected chi connectivity index (χ0v) is 14.2. The second kappa shape index (κ2) is 7.37. The first kappa shape index (κ1) is 16.4. The van der Waals surface area contributed by atoms with Gasteiger partial charge < -0.3 is 14.8 Å². The summed E-state index contributed by atoms with van der Waals surface area (Å²) < 4.78 is 11.6. The minimum Gasteiger partial charge on any atom is -0.490 e. The van der Waals surface area contributed by atoms with Crippen molar-refractivity contribution >= 4 is 0 Å². The molecule has 0 radical (unpaired) electrons. The Morgan fingerprint density at radius 1 is 1.08 bits per heavy atom. The average molecular weight is 323 g/mol. The molecule has 1 aliphatic rings. The maximum absolute atomic E-state index is 8.98. The lowest BCUT2D eigenvalue weighted by molar-refractivity contribution is -0.690. The van der Waals surface area contributed by atoms with E-state index in [0.29, 0.717) is 18.8 Å². The molecule has 3 rings (SSSR count). The molecule has 0 amide bonds. The molecule has 0 bridgehead atoms. The van der Waals surface area contributed by atoms with Crippen molar-refractivity contribution in [1.82, 2.24) is 0 Å². The molecule has 0 saturated carbocycles. The predicted octanol–water partition coefficient (Wildman–Crippen LogP) is 2.56. The van der Waals surface area contributed by atoms with E-state index in [9.17, 15) is 0 Å². The van der Waals surface area contributed by atoms with Gasteiger partial charge in [0.2, 0.25) is 0 Å². The molecular weight excluding hydrogens is 300 g/mol. The van der Waals surface area contributed by atoms with Gasteiger partial charge in [0.25, 0.3) is 0 Å². The molecule has 1 heterocycles. The first-order valence-corrected chi connectivity index (χ1v) is 8.52. The third kappa shape index (κ3) is 3.22. The Morgan fingerprint density at radius 2 is 1.75 bits per heavy atom. The fourth-order valence-electron chi connectivity index (χ4n) is 3.27. The van der Waals surface area contributed by atoms with Crippen LogP contribution in [-0.2, 0) is 6.42 Å². The van der Waals surface area contributed by atoms with Crippen molar-refractivity contribution < 1.29 is 14.8 Å². The highest BCUT2D eigenvalue weighted by molar-refractivity contribution is 5.50. The number of nitriles is 1. The van der Waals surface area contributed by atoms with Crippen LogP contribution in [0.1, 0.15) is 42.1 Å². The smallest absolute Gasteiger partial charge is 0.161 e. The van der Waals surface area contributed by atoms with Crippen molar-refractivity contribution in [3.63, 3.8) is 0 Å². The van der Waals surface area contributed by atoms with Gasteiger partial charge in [-0.25, -0.2) is 0 Å². The van der Waals surface area contributed by atoms with Crippen LogP contribution < -0.4 is 14.8 Å². The lowest BCUT2D eigenvalue weighted by Crippen LogP contribution is -2.87. The fourth-order valence-corrected chi connectivity index (χ4v) is 3.27. The van der Waals surface area contributed by atoms with Gasteiger partial charge in [0.05, 0.1) is 31.4 Å². The molecule has 0 aromatic heterocycles. The van der Waals surface area contributed by atoms with E-state index in [-0.39, 0.29) is 6.04 Å². The fraction of sp³-hybridized carbons (Fsp3) is 0.350. The molecule has 1 atom stereocenters. The maximum Gasteiger partial charge on any atom is 0.161 e. The quantitative estimate of drug-likeness (QED) is 0.920. The Hall–Kier alpha value is -2.51. The van der Waals surface area contributed by atoms with Crippen molar-refractivity contribution in [3.05, 3.63) is 58.7 Å². The van der Waals surface area contributed by atoms with E-state index >= 15 is 0 Å². The molecule has 2 N–H and O–H groups in total. The van der Waals surface area contributed by atoms with Crippen LogP contribution in [-0.4, -0.2) is 19.8 Å². The van der Waals surface area contributed by atoms with Crippen molar-refractivity contribution in [1.29, 1.82) is 5.26 Å². The molecule has 4 nitrogen and oxygen atoms in total. The van der Waals surface area contributed by atoms with Crippen molar-refractivity contribution in [2.24, 2.45) is 0 Å². The number of hydrogen-bond donors (Lipinski definition) is 1. The summed E-state index contributed by atoms with van der Waals surface area (Å²) in [6.07, 6.45) is 1.02. The van der Waals surface area contributed by atoms with Crippen LogP contribution in [0.15, 0.2) is 36.4 Å². The third-order valence-electron chi connectivity index (χ3n) is 4.36. The normalized spacial score (nSPS) is 16.1. The molecule has 2 aromatic carbocycles. The highest BCUT2D eigenvalue weighted by atomic mass is 16.5. The summed E-state index contributed by atoms with van der Waals surface area (Å²) >= 11 is 0. The van der Waals surface area contributed by atoms with Gasteiger partial charge in [0.15, 0.2) is 11.5 Å². The summed E-state index contributed by atoms with van der Waals surface area (Å²) in [7, 11) is 0. The van der Waals surface area contributed by atoms with Crippen molar-refractivity contribution in [2.45, 2.75) is 26.3 Å². The molecule has 1 aliphatic heterocycles. The molecule has 24 heavy (non-hydrogen) atoms. The SMILES string of the molecule is CCOc1cc2c(cc1OCC)[C@@H](c1ccc(C#N)cc1)[NH2+]CC2. The lowest BCUT2D eigenvalue weighted by atomic mass is 9.89. The molecule has 0 unspecified atom stereocenters. The number of fused-ring (bicyclic) bond motifs is 1. The van der Waals surface area contributed by atoms with Crippen LogP contribution >= 0.6 is 0 Å². The maximum atomic E-state index is 8.98. The van der Waals surface area contributed by atoms with Crippen LogP contribution in [0, 0.1) is 11.3 Å². The average Bonchev–Trinajstić information content (AvgIpc) is 2.62. The van der Waals surface area contributed by atoms with Crippen molar-refractivity contribution in [2.75, 3.05) is 19.8 Å². The Balaban J connectivity index is 2.01. The number of hydrogen-bond acceptors (Lipinski definition) is 3. The van der Waals surface area contributed by atoms with Crippen LogP contribution in [0.5, 0.6) is 11.5 Å². The minimum absolute atomic E-state index is 0.233. The van der Waals surface area contributed by atoms with E-state index in [1.807, 2.05) is 38.1 Å². The van der Waals surface area contributed by atoms with Crippen LogP contribution in [0.4, 0.5) is 0 Å². The second-order valence-electron chi connectivity index (χ2n) is 5.85.